The molecule has 2 nitrogen and oxygen atoms in total. The molecule has 1 aliphatic heterocycles. The van der Waals surface area contributed by atoms with E-state index in [9.17, 15) is 0 Å². The van der Waals surface area contributed by atoms with Crippen LogP contribution in [0.1, 0.15) is 36.5 Å². The predicted molar refractivity (Wildman–Crippen MR) is 71.2 cm³/mol. The summed E-state index contributed by atoms with van der Waals surface area (Å²) in [5.74, 6) is 0. The average Bonchev–Trinajstić information content (AvgIpc) is 2.29. The molecule has 2 heteroatoms. The van der Waals surface area contributed by atoms with Crippen molar-refractivity contribution >= 4 is 0 Å². The van der Waals surface area contributed by atoms with E-state index in [4.69, 9.17) is 4.74 Å². The number of aryl methyl sites for hydroxylation is 2. The summed E-state index contributed by atoms with van der Waals surface area (Å²) in [4.78, 5) is 0. The van der Waals surface area contributed by atoms with Gasteiger partial charge in [-0.2, -0.15) is 0 Å². The van der Waals surface area contributed by atoms with Crippen LogP contribution in [0.5, 0.6) is 0 Å². The Labute approximate surface area is 104 Å². The standard InChI is InChI=1S/C15H23NO/c1-12-6-4-7-13(2)14(12)10-16-15(3)8-5-9-17-11-15/h4,6-7,16H,5,8-11H2,1-3H3. The lowest BCUT2D eigenvalue weighted by atomic mass is 9.93. The van der Waals surface area contributed by atoms with E-state index in [-0.39, 0.29) is 5.54 Å². The van der Waals surface area contributed by atoms with Crippen LogP contribution in [0.3, 0.4) is 0 Å². The fourth-order valence-electron chi connectivity index (χ4n) is 2.50. The third-order valence-corrected chi connectivity index (χ3v) is 3.77. The molecule has 1 heterocycles. The Kier molecular flexibility index (Phi) is 3.85. The van der Waals surface area contributed by atoms with Crippen LogP contribution in [-0.4, -0.2) is 18.8 Å². The lowest BCUT2D eigenvalue weighted by molar-refractivity contribution is 0.0277. The SMILES string of the molecule is Cc1cccc(C)c1CNC1(C)CCCOC1. The Hall–Kier alpha value is -0.860. The van der Waals surface area contributed by atoms with Crippen LogP contribution in [0.2, 0.25) is 0 Å². The second kappa shape index (κ2) is 5.19. The van der Waals surface area contributed by atoms with Gasteiger partial charge in [-0.05, 0) is 50.3 Å². The predicted octanol–water partition coefficient (Wildman–Crippen LogP) is 2.96. The average molecular weight is 233 g/mol. The number of rotatable bonds is 3. The topological polar surface area (TPSA) is 21.3 Å². The molecule has 2 rings (SSSR count). The zero-order chi connectivity index (χ0) is 12.3. The second-order valence-corrected chi connectivity index (χ2v) is 5.44. The monoisotopic (exact) mass is 233 g/mol. The highest BCUT2D eigenvalue weighted by molar-refractivity contribution is 5.33. The highest BCUT2D eigenvalue weighted by Crippen LogP contribution is 2.20. The first-order valence-corrected chi connectivity index (χ1v) is 6.49. The van der Waals surface area contributed by atoms with Crippen LogP contribution in [-0.2, 0) is 11.3 Å². The van der Waals surface area contributed by atoms with Gasteiger partial charge in [-0.25, -0.2) is 0 Å². The minimum Gasteiger partial charge on any atom is -0.380 e. The van der Waals surface area contributed by atoms with Crippen LogP contribution in [0.15, 0.2) is 18.2 Å². The molecule has 17 heavy (non-hydrogen) atoms. The molecule has 1 aromatic carbocycles. The smallest absolute Gasteiger partial charge is 0.0645 e. The molecule has 0 radical (unpaired) electrons. The third kappa shape index (κ3) is 3.08. The molecule has 0 aliphatic carbocycles. The number of ether oxygens (including phenoxy) is 1. The van der Waals surface area contributed by atoms with E-state index in [1.807, 2.05) is 0 Å². The summed E-state index contributed by atoms with van der Waals surface area (Å²) in [5, 5.41) is 3.67. The molecule has 1 aliphatic rings. The van der Waals surface area contributed by atoms with Crippen LogP contribution >= 0.6 is 0 Å². The van der Waals surface area contributed by atoms with E-state index in [0.717, 1.165) is 26.2 Å². The van der Waals surface area contributed by atoms with Crippen LogP contribution in [0, 0.1) is 13.8 Å². The number of benzene rings is 1. The van der Waals surface area contributed by atoms with Crippen molar-refractivity contribution in [3.63, 3.8) is 0 Å². The van der Waals surface area contributed by atoms with Gasteiger partial charge in [0.1, 0.15) is 0 Å². The molecule has 0 spiro atoms. The van der Waals surface area contributed by atoms with Gasteiger partial charge in [0, 0.05) is 18.7 Å². The summed E-state index contributed by atoms with van der Waals surface area (Å²) in [6, 6.07) is 6.49. The van der Waals surface area contributed by atoms with Gasteiger partial charge >= 0.3 is 0 Å². The lowest BCUT2D eigenvalue weighted by Crippen LogP contribution is -2.48. The Morgan fingerprint density at radius 2 is 2.00 bits per heavy atom. The van der Waals surface area contributed by atoms with E-state index in [0.29, 0.717) is 0 Å². The van der Waals surface area contributed by atoms with Crippen LogP contribution in [0.25, 0.3) is 0 Å². The fourth-order valence-corrected chi connectivity index (χ4v) is 2.50. The molecule has 0 saturated carbocycles. The fraction of sp³-hybridized carbons (Fsp3) is 0.600. The van der Waals surface area contributed by atoms with Gasteiger partial charge in [0.15, 0.2) is 0 Å². The van der Waals surface area contributed by atoms with E-state index >= 15 is 0 Å². The first-order chi connectivity index (χ1) is 8.11. The van der Waals surface area contributed by atoms with Gasteiger partial charge in [-0.1, -0.05) is 18.2 Å². The van der Waals surface area contributed by atoms with E-state index in [1.165, 1.54) is 23.1 Å². The molecule has 0 aromatic heterocycles. The van der Waals surface area contributed by atoms with Gasteiger partial charge in [-0.15, -0.1) is 0 Å². The largest absolute Gasteiger partial charge is 0.380 e. The molecule has 1 N–H and O–H groups in total. The number of hydrogen-bond acceptors (Lipinski definition) is 2. The molecule has 94 valence electrons. The second-order valence-electron chi connectivity index (χ2n) is 5.44. The molecule has 0 bridgehead atoms. The molecule has 1 saturated heterocycles. The minimum absolute atomic E-state index is 0.146. The van der Waals surface area contributed by atoms with Crippen molar-refractivity contribution < 1.29 is 4.74 Å². The first kappa shape index (κ1) is 12.6. The van der Waals surface area contributed by atoms with Gasteiger partial charge in [0.25, 0.3) is 0 Å². The summed E-state index contributed by atoms with van der Waals surface area (Å²) < 4.78 is 5.57. The summed E-state index contributed by atoms with van der Waals surface area (Å²) in [5.41, 5.74) is 4.32. The van der Waals surface area contributed by atoms with Crippen molar-refractivity contribution in [1.29, 1.82) is 0 Å². The molecule has 1 aromatic rings. The Morgan fingerprint density at radius 1 is 1.29 bits per heavy atom. The summed E-state index contributed by atoms with van der Waals surface area (Å²) >= 11 is 0. The number of nitrogens with one attached hydrogen (secondary N) is 1. The minimum atomic E-state index is 0.146. The summed E-state index contributed by atoms with van der Waals surface area (Å²) in [6.45, 7) is 9.32. The van der Waals surface area contributed by atoms with Gasteiger partial charge < -0.3 is 10.1 Å². The summed E-state index contributed by atoms with van der Waals surface area (Å²) in [6.07, 6.45) is 2.37. The molecular weight excluding hydrogens is 210 g/mol. The van der Waals surface area contributed by atoms with E-state index in [1.54, 1.807) is 0 Å². The van der Waals surface area contributed by atoms with Crippen molar-refractivity contribution in [3.05, 3.63) is 34.9 Å². The van der Waals surface area contributed by atoms with Crippen molar-refractivity contribution in [2.24, 2.45) is 0 Å². The molecule has 1 unspecified atom stereocenters. The van der Waals surface area contributed by atoms with Crippen molar-refractivity contribution in [2.45, 2.75) is 45.7 Å². The maximum atomic E-state index is 5.57. The zero-order valence-electron chi connectivity index (χ0n) is 11.2. The Morgan fingerprint density at radius 3 is 2.59 bits per heavy atom. The summed E-state index contributed by atoms with van der Waals surface area (Å²) in [7, 11) is 0. The molecular formula is C15H23NO. The van der Waals surface area contributed by atoms with Crippen molar-refractivity contribution in [2.75, 3.05) is 13.2 Å². The third-order valence-electron chi connectivity index (χ3n) is 3.77. The first-order valence-electron chi connectivity index (χ1n) is 6.49. The molecule has 1 atom stereocenters. The Bertz CT molecular complexity index is 360. The Balaban J connectivity index is 2.02. The van der Waals surface area contributed by atoms with Gasteiger partial charge in [0.05, 0.1) is 6.61 Å². The van der Waals surface area contributed by atoms with E-state index in [2.05, 4.69) is 44.3 Å². The van der Waals surface area contributed by atoms with Crippen LogP contribution in [0.4, 0.5) is 0 Å². The quantitative estimate of drug-likeness (QED) is 0.866. The normalized spacial score (nSPS) is 24.9. The van der Waals surface area contributed by atoms with Gasteiger partial charge in [0.2, 0.25) is 0 Å². The van der Waals surface area contributed by atoms with Crippen LogP contribution < -0.4 is 5.32 Å². The lowest BCUT2D eigenvalue weighted by Gasteiger charge is -2.35. The number of hydrogen-bond donors (Lipinski definition) is 1. The van der Waals surface area contributed by atoms with Crippen molar-refractivity contribution in [1.82, 2.24) is 5.32 Å². The zero-order valence-corrected chi connectivity index (χ0v) is 11.2. The highest BCUT2D eigenvalue weighted by atomic mass is 16.5. The van der Waals surface area contributed by atoms with Crippen molar-refractivity contribution in [3.8, 4) is 0 Å². The molecule has 1 fully saturated rings. The van der Waals surface area contributed by atoms with E-state index < -0.39 is 0 Å². The maximum absolute atomic E-state index is 5.57. The molecule has 0 amide bonds. The maximum Gasteiger partial charge on any atom is 0.0645 e. The van der Waals surface area contributed by atoms with Gasteiger partial charge in [-0.3, -0.25) is 0 Å². The highest BCUT2D eigenvalue weighted by Gasteiger charge is 2.26.